The van der Waals surface area contributed by atoms with Gasteiger partial charge in [-0.3, -0.25) is 9.59 Å². The standard InChI is InChI=1S/C16H11F3N2O2S/c1-9(22)12(8-20)15(23)21-14-7-6-13(24-14)10-2-4-11(5-3-10)16(17,18)19/h2-7,12H,1H3,(H,21,23). The van der Waals surface area contributed by atoms with Gasteiger partial charge >= 0.3 is 6.18 Å². The molecule has 0 bridgehead atoms. The van der Waals surface area contributed by atoms with Crippen LogP contribution in [0.25, 0.3) is 10.4 Å². The van der Waals surface area contributed by atoms with Gasteiger partial charge in [-0.25, -0.2) is 0 Å². The van der Waals surface area contributed by atoms with Crippen LogP contribution in [0.4, 0.5) is 18.2 Å². The molecule has 1 heterocycles. The molecular weight excluding hydrogens is 341 g/mol. The molecule has 0 radical (unpaired) electrons. The van der Waals surface area contributed by atoms with E-state index in [1.165, 1.54) is 12.1 Å². The number of hydrogen-bond acceptors (Lipinski definition) is 4. The number of halogens is 3. The van der Waals surface area contributed by atoms with Crippen LogP contribution in [0.1, 0.15) is 12.5 Å². The fourth-order valence-electron chi connectivity index (χ4n) is 1.91. The first-order valence-electron chi connectivity index (χ1n) is 6.71. The number of carbonyl (C=O) groups is 2. The molecule has 2 rings (SSSR count). The molecule has 1 atom stereocenters. The number of alkyl halides is 3. The van der Waals surface area contributed by atoms with Gasteiger partial charge in [0.25, 0.3) is 0 Å². The lowest BCUT2D eigenvalue weighted by atomic mass is 10.1. The van der Waals surface area contributed by atoms with Gasteiger partial charge in [0.15, 0.2) is 11.7 Å². The average molecular weight is 352 g/mol. The van der Waals surface area contributed by atoms with Gasteiger partial charge in [0.05, 0.1) is 16.6 Å². The Morgan fingerprint density at radius 2 is 1.79 bits per heavy atom. The van der Waals surface area contributed by atoms with E-state index in [1.54, 1.807) is 18.2 Å². The maximum Gasteiger partial charge on any atom is 0.416 e. The van der Waals surface area contributed by atoms with E-state index in [9.17, 15) is 22.8 Å². The zero-order valence-corrected chi connectivity index (χ0v) is 13.2. The van der Waals surface area contributed by atoms with Gasteiger partial charge in [-0.1, -0.05) is 12.1 Å². The largest absolute Gasteiger partial charge is 0.416 e. The van der Waals surface area contributed by atoms with Crippen molar-refractivity contribution in [3.8, 4) is 16.5 Å². The summed E-state index contributed by atoms with van der Waals surface area (Å²) in [6.07, 6.45) is -4.40. The molecule has 1 N–H and O–H groups in total. The fourth-order valence-corrected chi connectivity index (χ4v) is 2.83. The van der Waals surface area contributed by atoms with Gasteiger partial charge in [-0.15, -0.1) is 11.3 Å². The first-order valence-corrected chi connectivity index (χ1v) is 7.52. The molecule has 0 saturated heterocycles. The van der Waals surface area contributed by atoms with E-state index in [1.807, 2.05) is 0 Å². The minimum atomic E-state index is -4.40. The minimum Gasteiger partial charge on any atom is -0.316 e. The van der Waals surface area contributed by atoms with Gasteiger partial charge < -0.3 is 5.32 Å². The molecule has 0 aliphatic rings. The Labute approximate surface area is 139 Å². The number of Topliss-reactive ketones (excluding diaryl/α,β-unsaturated/α-hetero) is 1. The number of thiophene rings is 1. The van der Waals surface area contributed by atoms with Crippen molar-refractivity contribution in [1.29, 1.82) is 5.26 Å². The number of nitrogens with zero attached hydrogens (tertiary/aromatic N) is 1. The molecule has 8 heteroatoms. The van der Waals surface area contributed by atoms with Gasteiger partial charge in [0.1, 0.15) is 0 Å². The zero-order valence-electron chi connectivity index (χ0n) is 12.3. The quantitative estimate of drug-likeness (QED) is 0.842. The highest BCUT2D eigenvalue weighted by Crippen LogP contribution is 2.34. The third-order valence-electron chi connectivity index (χ3n) is 3.15. The summed E-state index contributed by atoms with van der Waals surface area (Å²) >= 11 is 1.13. The number of nitriles is 1. The van der Waals surface area contributed by atoms with Gasteiger partial charge in [-0.05, 0) is 36.8 Å². The Balaban J connectivity index is 2.15. The van der Waals surface area contributed by atoms with Gasteiger partial charge in [0, 0.05) is 4.88 Å². The Morgan fingerprint density at radius 3 is 2.29 bits per heavy atom. The maximum atomic E-state index is 12.5. The molecule has 0 spiro atoms. The highest BCUT2D eigenvalue weighted by molar-refractivity contribution is 7.19. The summed E-state index contributed by atoms with van der Waals surface area (Å²) in [5, 5.41) is 11.7. The predicted octanol–water partition coefficient (Wildman–Crippen LogP) is 4.10. The van der Waals surface area contributed by atoms with E-state index in [0.29, 0.717) is 15.4 Å². The number of hydrogen-bond donors (Lipinski definition) is 1. The van der Waals surface area contributed by atoms with Gasteiger partial charge in [0.2, 0.25) is 5.91 Å². The van der Waals surface area contributed by atoms with E-state index in [2.05, 4.69) is 5.32 Å². The van der Waals surface area contributed by atoms with Gasteiger partial charge in [-0.2, -0.15) is 18.4 Å². The second kappa shape index (κ2) is 6.84. The Hall–Kier alpha value is -2.66. The smallest absolute Gasteiger partial charge is 0.316 e. The lowest BCUT2D eigenvalue weighted by molar-refractivity contribution is -0.137. The van der Waals surface area contributed by atoms with E-state index in [4.69, 9.17) is 5.26 Å². The summed E-state index contributed by atoms with van der Waals surface area (Å²) in [7, 11) is 0. The highest BCUT2D eigenvalue weighted by Gasteiger charge is 2.30. The van der Waals surface area contributed by atoms with Crippen molar-refractivity contribution >= 4 is 28.0 Å². The summed E-state index contributed by atoms with van der Waals surface area (Å²) in [5.41, 5.74) is -0.174. The van der Waals surface area contributed by atoms with E-state index < -0.39 is 29.3 Å². The number of anilines is 1. The molecule has 0 aliphatic carbocycles. The van der Waals surface area contributed by atoms with Crippen LogP contribution >= 0.6 is 11.3 Å². The zero-order chi connectivity index (χ0) is 17.9. The molecule has 24 heavy (non-hydrogen) atoms. The van der Waals surface area contributed by atoms with Crippen LogP contribution in [0.5, 0.6) is 0 Å². The Morgan fingerprint density at radius 1 is 1.17 bits per heavy atom. The van der Waals surface area contributed by atoms with Crippen LogP contribution in [-0.2, 0) is 15.8 Å². The van der Waals surface area contributed by atoms with Crippen LogP contribution in [0.3, 0.4) is 0 Å². The third kappa shape index (κ3) is 4.00. The normalized spacial score (nSPS) is 12.3. The minimum absolute atomic E-state index is 0.399. The second-order valence-electron chi connectivity index (χ2n) is 4.90. The molecule has 2 aromatic rings. The number of carbonyl (C=O) groups excluding carboxylic acids is 2. The molecular formula is C16H11F3N2O2S. The van der Waals surface area contributed by atoms with Crippen LogP contribution in [0, 0.1) is 17.2 Å². The third-order valence-corrected chi connectivity index (χ3v) is 4.20. The molecule has 0 fully saturated rings. The van der Waals surface area contributed by atoms with E-state index in [0.717, 1.165) is 30.4 Å². The van der Waals surface area contributed by atoms with Crippen molar-refractivity contribution < 1.29 is 22.8 Å². The van der Waals surface area contributed by atoms with E-state index in [-0.39, 0.29) is 0 Å². The monoisotopic (exact) mass is 352 g/mol. The molecule has 0 aliphatic heterocycles. The first-order chi connectivity index (χ1) is 11.2. The van der Waals surface area contributed by atoms with Crippen molar-refractivity contribution in [2.45, 2.75) is 13.1 Å². The number of nitrogens with one attached hydrogen (secondary N) is 1. The summed E-state index contributed by atoms with van der Waals surface area (Å²) in [5.74, 6) is -2.68. The molecule has 4 nitrogen and oxygen atoms in total. The number of benzene rings is 1. The Kier molecular flexibility index (Phi) is 5.04. The number of amides is 1. The van der Waals surface area contributed by atoms with Crippen molar-refractivity contribution in [2.75, 3.05) is 5.32 Å². The first kappa shape index (κ1) is 17.7. The molecule has 1 aromatic carbocycles. The summed E-state index contributed by atoms with van der Waals surface area (Å²) in [6, 6.07) is 9.46. The highest BCUT2D eigenvalue weighted by atomic mass is 32.1. The number of ketones is 1. The lowest BCUT2D eigenvalue weighted by Gasteiger charge is -2.07. The van der Waals surface area contributed by atoms with E-state index >= 15 is 0 Å². The van der Waals surface area contributed by atoms with Crippen LogP contribution < -0.4 is 5.32 Å². The van der Waals surface area contributed by atoms with Crippen LogP contribution in [-0.4, -0.2) is 11.7 Å². The van der Waals surface area contributed by atoms with Crippen molar-refractivity contribution in [1.82, 2.24) is 0 Å². The lowest BCUT2D eigenvalue weighted by Crippen LogP contribution is -2.26. The number of rotatable bonds is 4. The molecule has 1 aromatic heterocycles. The van der Waals surface area contributed by atoms with Crippen LogP contribution in [0.15, 0.2) is 36.4 Å². The topological polar surface area (TPSA) is 70.0 Å². The maximum absolute atomic E-state index is 12.5. The molecule has 1 amide bonds. The SMILES string of the molecule is CC(=O)C(C#N)C(=O)Nc1ccc(-c2ccc(C(F)(F)F)cc2)s1. The fraction of sp³-hybridized carbons (Fsp3) is 0.188. The van der Waals surface area contributed by atoms with Crippen molar-refractivity contribution in [3.05, 3.63) is 42.0 Å². The van der Waals surface area contributed by atoms with Crippen LogP contribution in [0.2, 0.25) is 0 Å². The van der Waals surface area contributed by atoms with Crippen molar-refractivity contribution in [3.63, 3.8) is 0 Å². The molecule has 0 saturated carbocycles. The molecule has 124 valence electrons. The summed E-state index contributed by atoms with van der Waals surface area (Å²) in [6.45, 7) is 1.15. The second-order valence-corrected chi connectivity index (χ2v) is 5.98. The summed E-state index contributed by atoms with van der Waals surface area (Å²) < 4.78 is 37.6. The predicted molar refractivity (Wildman–Crippen MR) is 83.2 cm³/mol. The molecule has 1 unspecified atom stereocenters. The average Bonchev–Trinajstić information content (AvgIpc) is 2.95. The van der Waals surface area contributed by atoms with Crippen molar-refractivity contribution in [2.24, 2.45) is 5.92 Å². The summed E-state index contributed by atoms with van der Waals surface area (Å²) in [4.78, 5) is 23.6. The Bertz CT molecular complexity index is 804.